The van der Waals surface area contributed by atoms with Gasteiger partial charge in [-0.15, -0.1) is 11.3 Å². The molecule has 34 heavy (non-hydrogen) atoms. The van der Waals surface area contributed by atoms with E-state index >= 15 is 0 Å². The molecule has 0 aliphatic heterocycles. The van der Waals surface area contributed by atoms with Crippen LogP contribution in [0.5, 0.6) is 0 Å². The highest BCUT2D eigenvalue weighted by Crippen LogP contribution is 2.44. The number of thiophene rings is 1. The molecular formula is C26H24N2O5S. The minimum Gasteiger partial charge on any atom is -0.479 e. The lowest BCUT2D eigenvalue weighted by molar-refractivity contribution is -0.142. The Bertz CT molecular complexity index is 1180. The summed E-state index contributed by atoms with van der Waals surface area (Å²) < 4.78 is 5.53. The van der Waals surface area contributed by atoms with Gasteiger partial charge < -0.3 is 20.5 Å². The van der Waals surface area contributed by atoms with Gasteiger partial charge in [0, 0.05) is 23.3 Å². The van der Waals surface area contributed by atoms with E-state index in [4.69, 9.17) is 4.74 Å². The first-order chi connectivity index (χ1) is 16.5. The number of carboxylic acid groups (broad SMARTS) is 1. The molecule has 7 nitrogen and oxygen atoms in total. The van der Waals surface area contributed by atoms with Crippen LogP contribution in [0.3, 0.4) is 0 Å². The zero-order chi connectivity index (χ0) is 23.7. The van der Waals surface area contributed by atoms with Gasteiger partial charge in [-0.1, -0.05) is 54.6 Å². The van der Waals surface area contributed by atoms with Crippen molar-refractivity contribution in [1.29, 1.82) is 0 Å². The Morgan fingerprint density at radius 3 is 2.29 bits per heavy atom. The summed E-state index contributed by atoms with van der Waals surface area (Å²) in [6.45, 7) is 0.543. The molecule has 1 aromatic heterocycles. The normalized spacial score (nSPS) is 18.9. The van der Waals surface area contributed by atoms with E-state index in [1.54, 1.807) is 17.5 Å². The van der Waals surface area contributed by atoms with E-state index in [0.717, 1.165) is 11.1 Å². The zero-order valence-electron chi connectivity index (χ0n) is 18.3. The molecule has 0 bridgehead atoms. The van der Waals surface area contributed by atoms with Crippen LogP contribution in [-0.2, 0) is 14.3 Å². The third-order valence-corrected chi connectivity index (χ3v) is 7.41. The van der Waals surface area contributed by atoms with Crippen molar-refractivity contribution in [2.75, 3.05) is 13.2 Å². The third kappa shape index (κ3) is 4.41. The maximum absolute atomic E-state index is 12.5. The predicted molar refractivity (Wildman–Crippen MR) is 128 cm³/mol. The Kier molecular flexibility index (Phi) is 6.06. The molecule has 174 valence electrons. The van der Waals surface area contributed by atoms with Gasteiger partial charge in [0.1, 0.15) is 6.61 Å². The Morgan fingerprint density at radius 2 is 1.68 bits per heavy atom. The largest absolute Gasteiger partial charge is 0.479 e. The van der Waals surface area contributed by atoms with Crippen molar-refractivity contribution in [3.05, 3.63) is 82.0 Å². The summed E-state index contributed by atoms with van der Waals surface area (Å²) in [6, 6.07) is 18.7. The lowest BCUT2D eigenvalue weighted by atomic mass is 9.98. The van der Waals surface area contributed by atoms with Crippen LogP contribution in [0.1, 0.15) is 34.4 Å². The lowest BCUT2D eigenvalue weighted by Gasteiger charge is -2.15. The molecule has 0 saturated heterocycles. The van der Waals surface area contributed by atoms with Crippen LogP contribution < -0.4 is 10.6 Å². The maximum atomic E-state index is 12.5. The van der Waals surface area contributed by atoms with Crippen molar-refractivity contribution < 1.29 is 24.2 Å². The molecule has 3 atom stereocenters. The number of carbonyl (C=O) groups excluding carboxylic acids is 2. The molecule has 2 aliphatic rings. The average molecular weight is 477 g/mol. The highest BCUT2D eigenvalue weighted by molar-refractivity contribution is 7.10. The Morgan fingerprint density at radius 1 is 1.00 bits per heavy atom. The summed E-state index contributed by atoms with van der Waals surface area (Å²) in [5.41, 5.74) is 4.63. The molecule has 3 aromatic rings. The first-order valence-corrected chi connectivity index (χ1v) is 12.1. The molecule has 2 aliphatic carbocycles. The Hall–Kier alpha value is -3.65. The minimum atomic E-state index is -1.09. The molecule has 1 unspecified atom stereocenters. The van der Waals surface area contributed by atoms with Crippen molar-refractivity contribution >= 4 is 29.3 Å². The van der Waals surface area contributed by atoms with Crippen LogP contribution >= 0.6 is 11.3 Å². The molecule has 5 rings (SSSR count). The van der Waals surface area contributed by atoms with E-state index in [0.29, 0.717) is 17.8 Å². The van der Waals surface area contributed by atoms with Gasteiger partial charge in [-0.2, -0.15) is 0 Å². The van der Waals surface area contributed by atoms with Crippen molar-refractivity contribution in [2.45, 2.75) is 18.4 Å². The summed E-state index contributed by atoms with van der Waals surface area (Å²) in [4.78, 5) is 36.9. The van der Waals surface area contributed by atoms with Crippen LogP contribution in [0.15, 0.2) is 66.0 Å². The lowest BCUT2D eigenvalue weighted by Crippen LogP contribution is -2.35. The molecule has 1 saturated carbocycles. The monoisotopic (exact) mass is 476 g/mol. The fraction of sp³-hybridized carbons (Fsp3) is 0.269. The molecule has 2 aromatic carbocycles. The molecule has 1 fully saturated rings. The summed E-state index contributed by atoms with van der Waals surface area (Å²) in [6.07, 6.45) is 0.0848. The first-order valence-electron chi connectivity index (χ1n) is 11.2. The molecule has 3 N–H and O–H groups in total. The molecule has 8 heteroatoms. The number of benzene rings is 2. The summed E-state index contributed by atoms with van der Waals surface area (Å²) in [7, 11) is 0. The van der Waals surface area contributed by atoms with Gasteiger partial charge in [-0.05, 0) is 46.0 Å². The second-order valence-electron chi connectivity index (χ2n) is 8.60. The number of aliphatic carboxylic acids is 1. The van der Waals surface area contributed by atoms with E-state index < -0.39 is 18.1 Å². The minimum absolute atomic E-state index is 0.0113. The number of nitrogens with one attached hydrogen (secondary N) is 2. The molecule has 1 heterocycles. The second-order valence-corrected chi connectivity index (χ2v) is 9.58. The topological polar surface area (TPSA) is 105 Å². The number of alkyl carbamates (subject to hydrolysis) is 1. The van der Waals surface area contributed by atoms with Gasteiger partial charge >= 0.3 is 12.1 Å². The first kappa shape index (κ1) is 22.2. The SMILES string of the molecule is O=C(NC[C@H]1C[C@H]1C(=O)NC(C(=O)O)c1cccs1)OCC1c2ccccc2-c2ccccc21. The fourth-order valence-electron chi connectivity index (χ4n) is 4.62. The summed E-state index contributed by atoms with van der Waals surface area (Å²) in [5, 5.41) is 16.6. The van der Waals surface area contributed by atoms with Crippen molar-refractivity contribution in [3.63, 3.8) is 0 Å². The van der Waals surface area contributed by atoms with Gasteiger partial charge in [0.15, 0.2) is 6.04 Å². The number of hydrogen-bond acceptors (Lipinski definition) is 5. The van der Waals surface area contributed by atoms with Crippen molar-refractivity contribution in [2.24, 2.45) is 11.8 Å². The zero-order valence-corrected chi connectivity index (χ0v) is 19.1. The van der Waals surface area contributed by atoms with Crippen LogP contribution in [0.4, 0.5) is 4.79 Å². The smallest absolute Gasteiger partial charge is 0.407 e. The van der Waals surface area contributed by atoms with Gasteiger partial charge in [0.25, 0.3) is 0 Å². The van der Waals surface area contributed by atoms with E-state index in [9.17, 15) is 19.5 Å². The standard InChI is InChI=1S/C26H24N2O5S/c29-24(28-23(25(30)31)22-10-5-11-34-22)20-12-15(20)13-27-26(32)33-14-21-18-8-3-1-6-16(18)17-7-2-4-9-19(17)21/h1-11,15,20-21,23H,12-14H2,(H,27,32)(H,28,29)(H,30,31)/t15-,20-,23?/m1/s1. The van der Waals surface area contributed by atoms with Gasteiger partial charge in [-0.3, -0.25) is 4.79 Å². The van der Waals surface area contributed by atoms with E-state index in [-0.39, 0.29) is 30.3 Å². The number of ether oxygens (including phenoxy) is 1. The third-order valence-electron chi connectivity index (χ3n) is 6.47. The van der Waals surface area contributed by atoms with Crippen molar-refractivity contribution in [1.82, 2.24) is 10.6 Å². The van der Waals surface area contributed by atoms with E-state index in [1.165, 1.54) is 22.5 Å². The Balaban J connectivity index is 1.11. The molecular weight excluding hydrogens is 452 g/mol. The van der Waals surface area contributed by atoms with Gasteiger partial charge in [-0.25, -0.2) is 9.59 Å². The van der Waals surface area contributed by atoms with E-state index in [2.05, 4.69) is 34.9 Å². The Labute approximate surface area is 200 Å². The summed E-state index contributed by atoms with van der Waals surface area (Å²) >= 11 is 1.29. The molecule has 0 radical (unpaired) electrons. The molecule has 0 spiro atoms. The van der Waals surface area contributed by atoms with Crippen LogP contribution in [0.25, 0.3) is 11.1 Å². The quantitative estimate of drug-likeness (QED) is 0.453. The predicted octanol–water partition coefficient (Wildman–Crippen LogP) is 4.16. The van der Waals surface area contributed by atoms with Crippen LogP contribution in [0.2, 0.25) is 0 Å². The van der Waals surface area contributed by atoms with Gasteiger partial charge in [0.2, 0.25) is 5.91 Å². The highest BCUT2D eigenvalue weighted by Gasteiger charge is 2.44. The van der Waals surface area contributed by atoms with Crippen LogP contribution in [0, 0.1) is 11.8 Å². The fourth-order valence-corrected chi connectivity index (χ4v) is 5.38. The number of fused-ring (bicyclic) bond motifs is 3. The number of hydrogen-bond donors (Lipinski definition) is 3. The van der Waals surface area contributed by atoms with Gasteiger partial charge in [0.05, 0.1) is 0 Å². The van der Waals surface area contributed by atoms with Crippen molar-refractivity contribution in [3.8, 4) is 11.1 Å². The summed E-state index contributed by atoms with van der Waals surface area (Å²) in [5.74, 6) is -1.75. The maximum Gasteiger partial charge on any atom is 0.407 e. The highest BCUT2D eigenvalue weighted by atomic mass is 32.1. The second kappa shape index (κ2) is 9.30. The van der Waals surface area contributed by atoms with E-state index in [1.807, 2.05) is 24.3 Å². The number of amides is 2. The average Bonchev–Trinajstić information content (AvgIpc) is 3.28. The van der Waals surface area contributed by atoms with Crippen LogP contribution in [-0.4, -0.2) is 36.2 Å². The number of rotatable bonds is 8. The molecule has 2 amide bonds. The number of carboxylic acids is 1. The number of carbonyl (C=O) groups is 3.